The average molecular weight is 226 g/mol. The molecule has 2 aromatic rings. The SMILES string of the molecule is Cc1nn(C)c2c(Br)cncc12. The van der Waals surface area contributed by atoms with E-state index in [0.717, 1.165) is 21.1 Å². The molecule has 2 heterocycles. The van der Waals surface area contributed by atoms with Crippen molar-refractivity contribution < 1.29 is 0 Å². The highest BCUT2D eigenvalue weighted by atomic mass is 79.9. The molecule has 12 heavy (non-hydrogen) atoms. The van der Waals surface area contributed by atoms with E-state index < -0.39 is 0 Å². The van der Waals surface area contributed by atoms with Crippen molar-refractivity contribution in [3.05, 3.63) is 22.6 Å². The third kappa shape index (κ3) is 0.948. The van der Waals surface area contributed by atoms with E-state index >= 15 is 0 Å². The van der Waals surface area contributed by atoms with Gasteiger partial charge in [0.2, 0.25) is 0 Å². The molecule has 0 saturated carbocycles. The number of nitrogens with zero attached hydrogens (tertiary/aromatic N) is 3. The molecular weight excluding hydrogens is 218 g/mol. The number of aromatic nitrogens is 3. The fraction of sp³-hybridized carbons (Fsp3) is 0.250. The number of pyridine rings is 1. The minimum Gasteiger partial charge on any atom is -0.266 e. The summed E-state index contributed by atoms with van der Waals surface area (Å²) in [7, 11) is 1.93. The predicted molar refractivity (Wildman–Crippen MR) is 50.9 cm³/mol. The number of hydrogen-bond donors (Lipinski definition) is 0. The molecule has 0 bridgehead atoms. The summed E-state index contributed by atoms with van der Waals surface area (Å²) in [6.45, 7) is 1.98. The fourth-order valence-electron chi connectivity index (χ4n) is 1.35. The molecule has 2 aromatic heterocycles. The minimum atomic E-state index is 0.989. The zero-order valence-electron chi connectivity index (χ0n) is 6.87. The van der Waals surface area contributed by atoms with Gasteiger partial charge in [0.25, 0.3) is 0 Å². The summed E-state index contributed by atoms with van der Waals surface area (Å²) in [5.74, 6) is 0. The van der Waals surface area contributed by atoms with Gasteiger partial charge in [-0.05, 0) is 22.9 Å². The van der Waals surface area contributed by atoms with E-state index in [9.17, 15) is 0 Å². The van der Waals surface area contributed by atoms with E-state index in [1.165, 1.54) is 0 Å². The monoisotopic (exact) mass is 225 g/mol. The zero-order chi connectivity index (χ0) is 8.72. The Kier molecular flexibility index (Phi) is 1.65. The highest BCUT2D eigenvalue weighted by molar-refractivity contribution is 9.10. The van der Waals surface area contributed by atoms with Gasteiger partial charge >= 0.3 is 0 Å². The smallest absolute Gasteiger partial charge is 0.0855 e. The third-order valence-corrected chi connectivity index (χ3v) is 2.47. The lowest BCUT2D eigenvalue weighted by atomic mass is 10.3. The molecule has 0 atom stereocenters. The maximum atomic E-state index is 4.30. The summed E-state index contributed by atoms with van der Waals surface area (Å²) in [6, 6.07) is 0. The predicted octanol–water partition coefficient (Wildman–Crippen LogP) is 2.04. The molecule has 0 saturated heterocycles. The Morgan fingerprint density at radius 1 is 1.42 bits per heavy atom. The maximum Gasteiger partial charge on any atom is 0.0855 e. The number of hydrogen-bond acceptors (Lipinski definition) is 2. The van der Waals surface area contributed by atoms with Crippen molar-refractivity contribution in [2.75, 3.05) is 0 Å². The van der Waals surface area contributed by atoms with Crippen LogP contribution < -0.4 is 0 Å². The molecule has 0 aliphatic carbocycles. The van der Waals surface area contributed by atoms with Gasteiger partial charge in [0.15, 0.2) is 0 Å². The van der Waals surface area contributed by atoms with Crippen LogP contribution in [0, 0.1) is 6.92 Å². The van der Waals surface area contributed by atoms with Gasteiger partial charge < -0.3 is 0 Å². The first kappa shape index (κ1) is 7.73. The molecular formula is C8H8BrN3. The molecule has 0 aliphatic heterocycles. The van der Waals surface area contributed by atoms with Crippen LogP contribution in [-0.2, 0) is 7.05 Å². The molecule has 4 heteroatoms. The van der Waals surface area contributed by atoms with Gasteiger partial charge in [-0.15, -0.1) is 0 Å². The fourth-order valence-corrected chi connectivity index (χ4v) is 1.94. The summed E-state index contributed by atoms with van der Waals surface area (Å²) < 4.78 is 2.85. The topological polar surface area (TPSA) is 30.7 Å². The average Bonchev–Trinajstić information content (AvgIpc) is 2.29. The van der Waals surface area contributed by atoms with Crippen LogP contribution in [0.4, 0.5) is 0 Å². The maximum absolute atomic E-state index is 4.30. The molecule has 0 amide bonds. The molecule has 0 N–H and O–H groups in total. The summed E-state index contributed by atoms with van der Waals surface area (Å²) in [4.78, 5) is 4.09. The van der Waals surface area contributed by atoms with Crippen LogP contribution in [0.3, 0.4) is 0 Å². The molecule has 0 aromatic carbocycles. The first-order valence-electron chi connectivity index (χ1n) is 3.63. The van der Waals surface area contributed by atoms with Crippen LogP contribution in [0.15, 0.2) is 16.9 Å². The first-order valence-corrected chi connectivity index (χ1v) is 4.42. The van der Waals surface area contributed by atoms with Gasteiger partial charge in [0.1, 0.15) is 0 Å². The Balaban J connectivity index is 2.99. The van der Waals surface area contributed by atoms with Crippen molar-refractivity contribution in [2.24, 2.45) is 7.05 Å². The van der Waals surface area contributed by atoms with Gasteiger partial charge in [0.05, 0.1) is 15.7 Å². The Morgan fingerprint density at radius 2 is 2.17 bits per heavy atom. The second-order valence-corrected chi connectivity index (χ2v) is 3.58. The van der Waals surface area contributed by atoms with Crippen LogP contribution in [0.5, 0.6) is 0 Å². The quantitative estimate of drug-likeness (QED) is 0.688. The van der Waals surface area contributed by atoms with Gasteiger partial charge in [-0.25, -0.2) is 0 Å². The van der Waals surface area contributed by atoms with Gasteiger partial charge in [0, 0.05) is 24.8 Å². The molecule has 3 nitrogen and oxygen atoms in total. The van der Waals surface area contributed by atoms with Gasteiger partial charge in [-0.3, -0.25) is 9.67 Å². The number of aryl methyl sites for hydroxylation is 2. The third-order valence-electron chi connectivity index (χ3n) is 1.89. The Bertz CT molecular complexity index is 433. The van der Waals surface area contributed by atoms with Gasteiger partial charge in [-0.1, -0.05) is 0 Å². The van der Waals surface area contributed by atoms with E-state index in [2.05, 4.69) is 26.0 Å². The van der Waals surface area contributed by atoms with E-state index in [-0.39, 0.29) is 0 Å². The van der Waals surface area contributed by atoms with E-state index in [1.54, 1.807) is 6.20 Å². The van der Waals surface area contributed by atoms with Crippen molar-refractivity contribution in [3.63, 3.8) is 0 Å². The summed E-state index contributed by atoms with van der Waals surface area (Å²) in [5, 5.41) is 5.40. The standard InChI is InChI=1S/C8H8BrN3/c1-5-6-3-10-4-7(9)8(6)12(2)11-5/h3-4H,1-2H3. The van der Waals surface area contributed by atoms with E-state index in [0.29, 0.717) is 0 Å². The Labute approximate surface area is 78.5 Å². The lowest BCUT2D eigenvalue weighted by molar-refractivity contribution is 0.782. The number of halogens is 1. The molecule has 0 unspecified atom stereocenters. The summed E-state index contributed by atoms with van der Waals surface area (Å²) in [6.07, 6.45) is 3.62. The Morgan fingerprint density at radius 3 is 2.83 bits per heavy atom. The van der Waals surface area contributed by atoms with Crippen LogP contribution in [-0.4, -0.2) is 14.8 Å². The van der Waals surface area contributed by atoms with Crippen molar-refractivity contribution in [2.45, 2.75) is 6.92 Å². The van der Waals surface area contributed by atoms with E-state index in [1.807, 2.05) is 24.9 Å². The summed E-state index contributed by atoms with van der Waals surface area (Å²) >= 11 is 3.44. The summed E-state index contributed by atoms with van der Waals surface area (Å²) in [5.41, 5.74) is 2.11. The minimum absolute atomic E-state index is 0.989. The van der Waals surface area contributed by atoms with Gasteiger partial charge in [-0.2, -0.15) is 5.10 Å². The second kappa shape index (κ2) is 2.55. The van der Waals surface area contributed by atoms with Crippen molar-refractivity contribution in [1.29, 1.82) is 0 Å². The van der Waals surface area contributed by atoms with E-state index in [4.69, 9.17) is 0 Å². The highest BCUT2D eigenvalue weighted by Gasteiger charge is 2.06. The number of rotatable bonds is 0. The molecule has 62 valence electrons. The lowest BCUT2D eigenvalue weighted by Crippen LogP contribution is -1.90. The van der Waals surface area contributed by atoms with Crippen LogP contribution in [0.25, 0.3) is 10.9 Å². The first-order chi connectivity index (χ1) is 5.70. The zero-order valence-corrected chi connectivity index (χ0v) is 8.46. The molecule has 0 radical (unpaired) electrons. The lowest BCUT2D eigenvalue weighted by Gasteiger charge is -1.95. The molecule has 2 rings (SSSR count). The van der Waals surface area contributed by atoms with Crippen LogP contribution in [0.1, 0.15) is 5.69 Å². The number of fused-ring (bicyclic) bond motifs is 1. The molecule has 0 fully saturated rings. The molecule has 0 aliphatic rings. The van der Waals surface area contributed by atoms with Crippen molar-refractivity contribution >= 4 is 26.8 Å². The van der Waals surface area contributed by atoms with Crippen LogP contribution in [0.2, 0.25) is 0 Å². The normalized spacial score (nSPS) is 10.9. The largest absolute Gasteiger partial charge is 0.266 e. The van der Waals surface area contributed by atoms with Crippen molar-refractivity contribution in [3.8, 4) is 0 Å². The Hall–Kier alpha value is -0.900. The van der Waals surface area contributed by atoms with Crippen LogP contribution >= 0.6 is 15.9 Å². The molecule has 0 spiro atoms. The highest BCUT2D eigenvalue weighted by Crippen LogP contribution is 2.23. The van der Waals surface area contributed by atoms with Crippen molar-refractivity contribution in [1.82, 2.24) is 14.8 Å². The second-order valence-electron chi connectivity index (χ2n) is 2.73.